The van der Waals surface area contributed by atoms with Crippen molar-refractivity contribution in [3.63, 3.8) is 0 Å². The number of aromatic nitrogens is 3. The molecule has 2 heterocycles. The Labute approximate surface area is 788 Å². The Morgan fingerprint density at radius 2 is 0.669 bits per heavy atom. The van der Waals surface area contributed by atoms with Crippen LogP contribution >= 0.6 is 25.3 Å². The fourth-order valence-corrected chi connectivity index (χ4v) is 13.9. The molecule has 18 amide bonds. The first-order chi connectivity index (χ1) is 64.6. The van der Waals surface area contributed by atoms with E-state index in [4.69, 9.17) is 34.4 Å². The van der Waals surface area contributed by atoms with Crippen LogP contribution in [0, 0.1) is 0 Å². The van der Waals surface area contributed by atoms with E-state index in [0.29, 0.717) is 34.0 Å². The van der Waals surface area contributed by atoms with Crippen molar-refractivity contribution < 1.29 is 126 Å². The molecule has 136 heavy (non-hydrogen) atoms. The number of nitrogens with two attached hydrogens (primary N) is 6. The molecule has 0 radical (unpaired) electrons. The van der Waals surface area contributed by atoms with Gasteiger partial charge in [-0.25, -0.2) is 9.78 Å². The lowest BCUT2D eigenvalue weighted by Gasteiger charge is -2.28. The molecule has 0 spiro atoms. The number of aromatic amines is 2. The van der Waals surface area contributed by atoms with E-state index >= 15 is 0 Å². The Kier molecular flexibility index (Phi) is 47.9. The highest BCUT2D eigenvalue weighted by Crippen LogP contribution is 2.21. The Bertz CT molecular complexity index is 4960. The summed E-state index contributed by atoms with van der Waals surface area (Å²) in [5.74, 6) is -27.0. The summed E-state index contributed by atoms with van der Waals surface area (Å²) in [7, 11) is 0. The Hall–Kier alpha value is -14.2. The van der Waals surface area contributed by atoms with Crippen LogP contribution in [0.3, 0.4) is 0 Å². The average molecular weight is 1940 g/mol. The second kappa shape index (κ2) is 58.0. The van der Waals surface area contributed by atoms with Crippen LogP contribution < -0.4 is 114 Å². The lowest BCUT2D eigenvalue weighted by molar-refractivity contribution is -0.143. The predicted molar refractivity (Wildman–Crippen MR) is 488 cm³/mol. The Morgan fingerprint density at radius 3 is 1.04 bits per heavy atom. The largest absolute Gasteiger partial charge is 0.481 e. The number of rotatable bonds is 63. The summed E-state index contributed by atoms with van der Waals surface area (Å²) >= 11 is 8.39. The van der Waals surface area contributed by atoms with E-state index in [1.807, 2.05) is 0 Å². The lowest BCUT2D eigenvalue weighted by atomic mass is 10.0. The molecule has 2 aromatic heterocycles. The van der Waals surface area contributed by atoms with Gasteiger partial charge in [-0.2, -0.15) is 25.3 Å². The number of carboxylic acid groups (broad SMARTS) is 3. The molecule has 3 aromatic carbocycles. The minimum absolute atomic E-state index is 0.0770. The average Bonchev–Trinajstić information content (AvgIpc) is 1.68. The van der Waals surface area contributed by atoms with Gasteiger partial charge in [-0.05, 0) is 94.1 Å². The molecule has 0 saturated carbocycles. The first kappa shape index (κ1) is 112. The standard InChI is InChI=1S/C84H118N24O26S2/c1-42(87)69(118)107-62(39-135)82(131)95-49(20-10-12-26-85)70(119)96-51(22-24-64(88)111)72(121)98-53(28-43-14-4-2-5-15-43)73(122)103-58(33-67(114)115)78(127)99-54(29-44-16-6-3-7-17-44)74(123)108-63(40-136)83(132)102-57(32-66(90)113)77(126)104-59(34-68(116)117)79(128)101-56(31-46-36-91-41-93-46)76(125)100-55(30-45-35-92-48-19-9-8-18-47(45)48)75(124)106-60(37-109)80(129)94-50(21-11-13-27-86)71(120)105-61(38-110)81(130)97-52(84(133)134)23-25-65(89)112/h2-9,14-19,35-36,41-42,49-63,92,109-110,135-136H,10-13,20-34,37-40,85-87H2,1H3,(H2,88,111)(H2,89,112)(H2,90,113)(H,91,93)(H,94,129)(H,95,131)(H,96,119)(H,97,130)(H,98,121)(H,99,127)(H,100,125)(H,101,128)(H,102,132)(H,103,122)(H,104,126)(H,105,120)(H,106,124)(H,107,118)(H,108,123)(H,114,115)(H,116,117)(H,133,134)/t42-,49-,50-,51-,52-,53-,54-,55-,56-,57-,58-,59-,60-,61-,62-,63-/m0/s1. The monoisotopic (exact) mass is 1940 g/mol. The molecule has 0 aliphatic carbocycles. The molecule has 0 aliphatic rings. The van der Waals surface area contributed by atoms with Crippen LogP contribution in [0.4, 0.5) is 0 Å². The number of carboxylic acids is 3. The molecule has 50 nitrogen and oxygen atoms in total. The highest BCUT2D eigenvalue weighted by atomic mass is 32.1. The van der Waals surface area contributed by atoms with Gasteiger partial charge in [-0.15, -0.1) is 0 Å². The summed E-state index contributed by atoms with van der Waals surface area (Å²) in [6.45, 7) is -0.686. The van der Waals surface area contributed by atoms with Crippen LogP contribution in [-0.4, -0.2) is 299 Å². The Morgan fingerprint density at radius 1 is 0.353 bits per heavy atom. The zero-order valence-electron chi connectivity index (χ0n) is 73.9. The van der Waals surface area contributed by atoms with E-state index in [1.165, 1.54) is 62.0 Å². The van der Waals surface area contributed by atoms with Gasteiger partial charge in [0.15, 0.2) is 0 Å². The first-order valence-corrected chi connectivity index (χ1v) is 44.2. The molecule has 0 saturated heterocycles. The van der Waals surface area contributed by atoms with E-state index in [9.17, 15) is 126 Å². The maximum Gasteiger partial charge on any atom is 0.326 e. The van der Waals surface area contributed by atoms with Crippen molar-refractivity contribution in [3.05, 3.63) is 126 Å². The number of para-hydroxylation sites is 1. The number of nitrogens with one attached hydrogen (secondary N) is 17. The zero-order valence-corrected chi connectivity index (χ0v) is 75.7. The quantitative estimate of drug-likeness (QED) is 0.0127. The fraction of sp³-hybridized carbons (Fsp3) is 0.476. The molecule has 0 bridgehead atoms. The number of aliphatic carboxylic acids is 3. The highest BCUT2D eigenvalue weighted by Gasteiger charge is 2.41. The number of nitrogens with zero attached hydrogens (tertiary/aromatic N) is 1. The fourth-order valence-electron chi connectivity index (χ4n) is 13.4. The summed E-state index contributed by atoms with van der Waals surface area (Å²) in [6, 6.07) is -6.23. The molecule has 52 heteroatoms. The number of carbonyl (C=O) groups is 21. The minimum atomic E-state index is -2.25. The number of aliphatic hydroxyl groups excluding tert-OH is 2. The molecule has 0 fully saturated rings. The van der Waals surface area contributed by atoms with E-state index in [2.05, 4.69) is 120 Å². The van der Waals surface area contributed by atoms with Gasteiger partial charge in [0.2, 0.25) is 106 Å². The van der Waals surface area contributed by atoms with Gasteiger partial charge in [-0.1, -0.05) is 78.9 Å². The molecule has 16 atom stereocenters. The van der Waals surface area contributed by atoms with Crippen LogP contribution in [-0.2, 0) is 126 Å². The minimum Gasteiger partial charge on any atom is -0.481 e. The number of imidazole rings is 1. The van der Waals surface area contributed by atoms with Crippen molar-refractivity contribution in [1.82, 2.24) is 94.7 Å². The van der Waals surface area contributed by atoms with Crippen LogP contribution in [0.25, 0.3) is 10.9 Å². The number of carbonyl (C=O) groups excluding carboxylic acids is 18. The lowest BCUT2D eigenvalue weighted by Crippen LogP contribution is -2.62. The second-order valence-corrected chi connectivity index (χ2v) is 32.2. The van der Waals surface area contributed by atoms with E-state index < -0.39 is 311 Å². The van der Waals surface area contributed by atoms with Crippen molar-refractivity contribution in [2.24, 2.45) is 34.4 Å². The van der Waals surface area contributed by atoms with Crippen molar-refractivity contribution in [2.75, 3.05) is 37.8 Å². The number of benzene rings is 3. The summed E-state index contributed by atoms with van der Waals surface area (Å²) in [5.41, 5.74) is 35.0. The number of thiol groups is 2. The third-order valence-electron chi connectivity index (χ3n) is 20.7. The number of H-pyrrole nitrogens is 2. The molecule has 5 rings (SSSR count). The number of hydrogen-bond acceptors (Lipinski definition) is 29. The van der Waals surface area contributed by atoms with Crippen molar-refractivity contribution in [2.45, 2.75) is 213 Å². The van der Waals surface area contributed by atoms with E-state index in [-0.39, 0.29) is 56.6 Å². The van der Waals surface area contributed by atoms with Crippen LogP contribution in [0.5, 0.6) is 0 Å². The molecular weight excluding hydrogens is 1830 g/mol. The van der Waals surface area contributed by atoms with Gasteiger partial charge < -0.3 is 150 Å². The Balaban J connectivity index is 1.41. The normalized spacial score (nSPS) is 14.6. The highest BCUT2D eigenvalue weighted by molar-refractivity contribution is 7.80. The summed E-state index contributed by atoms with van der Waals surface area (Å²) < 4.78 is 0. The molecule has 5 aromatic rings. The SMILES string of the molecule is C[C@H](N)C(=O)N[C@@H](CS)C(=O)N[C@@H](CCCCN)C(=O)N[C@@H](CCC(N)=O)C(=O)N[C@@H](Cc1ccccc1)C(=O)N[C@@H](CC(=O)O)C(=O)N[C@@H](Cc1ccccc1)C(=O)N[C@@H](CS)C(=O)N[C@@H](CC(N)=O)C(=O)N[C@@H](CC(=O)O)C(=O)N[C@@H](Cc1cnc[nH]1)C(=O)N[C@@H](Cc1c[nH]c2ccccc12)C(=O)N[C@@H](CO)C(=O)N[C@@H](CCCCN)C(=O)N[C@@H](CO)C(=O)N[C@@H](CCC(N)=O)C(=O)O. The summed E-state index contributed by atoms with van der Waals surface area (Å²) in [4.78, 5) is 297. The van der Waals surface area contributed by atoms with Gasteiger partial charge in [-0.3, -0.25) is 95.9 Å². The van der Waals surface area contributed by atoms with Gasteiger partial charge in [0, 0.05) is 79.0 Å². The number of aliphatic hydroxyl groups is 2. The van der Waals surface area contributed by atoms with Gasteiger partial charge >= 0.3 is 17.9 Å². The van der Waals surface area contributed by atoms with E-state index in [0.717, 1.165) is 0 Å². The molecular formula is C84H118N24O26S2. The summed E-state index contributed by atoms with van der Waals surface area (Å²) in [6.07, 6.45) is -2.93. The number of amides is 18. The second-order valence-electron chi connectivity index (χ2n) is 31.4. The van der Waals surface area contributed by atoms with E-state index in [1.54, 1.807) is 48.5 Å². The topological polar surface area (TPSA) is 841 Å². The van der Waals surface area contributed by atoms with Crippen LogP contribution in [0.2, 0.25) is 0 Å². The first-order valence-electron chi connectivity index (χ1n) is 42.9. The van der Waals surface area contributed by atoms with Crippen LogP contribution in [0.15, 0.2) is 104 Å². The molecule has 0 aliphatic heterocycles. The summed E-state index contributed by atoms with van der Waals surface area (Å²) in [5, 5.41) is 86.6. The number of unbranched alkanes of at least 4 members (excludes halogenated alkanes) is 2. The van der Waals surface area contributed by atoms with Gasteiger partial charge in [0.1, 0.15) is 90.6 Å². The maximum atomic E-state index is 14.9. The van der Waals surface area contributed by atoms with Gasteiger partial charge in [0.05, 0.1) is 44.8 Å². The number of primary amides is 3. The van der Waals surface area contributed by atoms with Gasteiger partial charge in [0.25, 0.3) is 0 Å². The van der Waals surface area contributed by atoms with Crippen molar-refractivity contribution in [3.8, 4) is 0 Å². The zero-order chi connectivity index (χ0) is 101. The number of hydrogen-bond donors (Lipinski definition) is 30. The molecule has 742 valence electrons. The molecule has 0 unspecified atom stereocenters. The molecule has 34 N–H and O–H groups in total. The third-order valence-corrected chi connectivity index (χ3v) is 21.4. The predicted octanol–water partition coefficient (Wildman–Crippen LogP) is -9.68. The van der Waals surface area contributed by atoms with Crippen molar-refractivity contribution in [1.29, 1.82) is 0 Å². The number of fused-ring (bicyclic) bond motifs is 1. The maximum absolute atomic E-state index is 14.9. The van der Waals surface area contributed by atoms with Crippen LogP contribution in [0.1, 0.15) is 113 Å². The third kappa shape index (κ3) is 38.8. The van der Waals surface area contributed by atoms with Crippen molar-refractivity contribution >= 4 is 160 Å². The smallest absolute Gasteiger partial charge is 0.326 e.